The Bertz CT molecular complexity index is 772. The molecule has 0 aliphatic rings. The number of nitrogens with zero attached hydrogens (tertiary/aromatic N) is 3. The number of hydrogen-bond donors (Lipinski definition) is 0. The summed E-state index contributed by atoms with van der Waals surface area (Å²) >= 11 is 0. The van der Waals surface area contributed by atoms with E-state index in [1.807, 2.05) is 38.1 Å². The zero-order valence-corrected chi connectivity index (χ0v) is 12.7. The molecule has 1 aromatic carbocycles. The second-order valence-corrected chi connectivity index (χ2v) is 5.18. The Morgan fingerprint density at radius 1 is 1.05 bits per heavy atom. The van der Waals surface area contributed by atoms with E-state index in [0.717, 1.165) is 17.0 Å². The molecule has 104 valence electrons. The van der Waals surface area contributed by atoms with Crippen LogP contribution in [0.1, 0.15) is 28.1 Å². The van der Waals surface area contributed by atoms with Crippen LogP contribution in [0.4, 0.5) is 0 Å². The van der Waals surface area contributed by atoms with E-state index in [4.69, 9.17) is 10.5 Å². The fourth-order valence-corrected chi connectivity index (χ4v) is 2.68. The zero-order valence-electron chi connectivity index (χ0n) is 12.7. The molecular weight excluding hydrogens is 258 g/mol. The van der Waals surface area contributed by atoms with Crippen LogP contribution in [0, 0.1) is 50.4 Å². The van der Waals surface area contributed by atoms with E-state index in [-0.39, 0.29) is 5.57 Å². The Balaban J connectivity index is 2.70. The summed E-state index contributed by atoms with van der Waals surface area (Å²) in [5.74, 6) is 0. The van der Waals surface area contributed by atoms with Crippen molar-refractivity contribution in [3.05, 3.63) is 57.9 Å². The van der Waals surface area contributed by atoms with Crippen LogP contribution in [0.15, 0.2) is 29.8 Å². The van der Waals surface area contributed by atoms with E-state index in [1.54, 1.807) is 6.08 Å². The number of aryl methyl sites for hydroxylation is 3. The lowest BCUT2D eigenvalue weighted by molar-refractivity contribution is 0.943. The molecule has 3 nitrogen and oxygen atoms in total. The van der Waals surface area contributed by atoms with Crippen molar-refractivity contribution < 1.29 is 0 Å². The summed E-state index contributed by atoms with van der Waals surface area (Å²) in [6.07, 6.45) is 1.65. The van der Waals surface area contributed by atoms with E-state index in [2.05, 4.69) is 30.5 Å². The number of allylic oxidation sites excluding steroid dienone is 1. The summed E-state index contributed by atoms with van der Waals surface area (Å²) in [7, 11) is 0. The van der Waals surface area contributed by atoms with E-state index in [0.29, 0.717) is 0 Å². The van der Waals surface area contributed by atoms with Gasteiger partial charge in [-0.25, -0.2) is 0 Å². The first kappa shape index (κ1) is 14.6. The van der Waals surface area contributed by atoms with Crippen molar-refractivity contribution in [1.29, 1.82) is 10.5 Å². The van der Waals surface area contributed by atoms with Gasteiger partial charge in [0.25, 0.3) is 0 Å². The number of aromatic nitrogens is 1. The van der Waals surface area contributed by atoms with Gasteiger partial charge in [-0.15, -0.1) is 0 Å². The number of rotatable bonds is 2. The molecule has 1 heterocycles. The highest BCUT2D eigenvalue weighted by molar-refractivity contribution is 5.66. The maximum Gasteiger partial charge on any atom is 0.130 e. The van der Waals surface area contributed by atoms with Crippen molar-refractivity contribution in [2.45, 2.75) is 27.7 Å². The highest BCUT2D eigenvalue weighted by Gasteiger charge is 2.13. The molecule has 2 aromatic rings. The lowest BCUT2D eigenvalue weighted by atomic mass is 10.1. The third kappa shape index (κ3) is 2.59. The predicted octanol–water partition coefficient (Wildman–Crippen LogP) is 4.14. The first-order chi connectivity index (χ1) is 9.99. The quantitative estimate of drug-likeness (QED) is 0.773. The maximum absolute atomic E-state index is 8.91. The summed E-state index contributed by atoms with van der Waals surface area (Å²) in [5.41, 5.74) is 6.73. The molecule has 0 N–H and O–H groups in total. The molecule has 0 radical (unpaired) electrons. The van der Waals surface area contributed by atoms with Gasteiger partial charge in [0.1, 0.15) is 17.7 Å². The third-order valence-corrected chi connectivity index (χ3v) is 3.67. The molecule has 3 heteroatoms. The maximum atomic E-state index is 8.91. The van der Waals surface area contributed by atoms with E-state index in [1.165, 1.54) is 16.8 Å². The van der Waals surface area contributed by atoms with Crippen molar-refractivity contribution in [3.63, 3.8) is 0 Å². The molecule has 0 spiro atoms. The van der Waals surface area contributed by atoms with Gasteiger partial charge in [0.2, 0.25) is 0 Å². The standard InChI is InChI=1S/C18H17N3/c1-12-6-5-7-13(2)18(12)21-14(3)8-17(15(21)4)9-16(10-19)11-20/h5-9H,1-4H3. The van der Waals surface area contributed by atoms with Gasteiger partial charge in [-0.05, 0) is 56.5 Å². The molecule has 21 heavy (non-hydrogen) atoms. The molecule has 0 bridgehead atoms. The SMILES string of the molecule is Cc1cccc(C)c1-n1c(C)cc(C=C(C#N)C#N)c1C. The molecule has 1 aromatic heterocycles. The number of hydrogen-bond acceptors (Lipinski definition) is 2. The highest BCUT2D eigenvalue weighted by Crippen LogP contribution is 2.27. The molecule has 0 amide bonds. The van der Waals surface area contributed by atoms with Crippen LogP contribution in [0.3, 0.4) is 0 Å². The number of nitriles is 2. The Morgan fingerprint density at radius 3 is 2.14 bits per heavy atom. The summed E-state index contributed by atoms with van der Waals surface area (Å²) in [6.45, 7) is 8.23. The minimum atomic E-state index is 0.122. The van der Waals surface area contributed by atoms with E-state index >= 15 is 0 Å². The average molecular weight is 275 g/mol. The zero-order chi connectivity index (χ0) is 15.6. The Hall–Kier alpha value is -2.78. The van der Waals surface area contributed by atoms with Crippen molar-refractivity contribution in [1.82, 2.24) is 4.57 Å². The Labute approximate surface area is 125 Å². The topological polar surface area (TPSA) is 52.5 Å². The van der Waals surface area contributed by atoms with Gasteiger partial charge in [0, 0.05) is 11.4 Å². The smallest absolute Gasteiger partial charge is 0.130 e. The van der Waals surface area contributed by atoms with Crippen LogP contribution in [-0.2, 0) is 0 Å². The summed E-state index contributed by atoms with van der Waals surface area (Å²) < 4.78 is 2.18. The van der Waals surface area contributed by atoms with Crippen molar-refractivity contribution >= 4 is 6.08 Å². The molecule has 0 saturated heterocycles. The van der Waals surface area contributed by atoms with Gasteiger partial charge in [-0.2, -0.15) is 10.5 Å². The molecule has 0 fully saturated rings. The van der Waals surface area contributed by atoms with Gasteiger partial charge in [0.05, 0.1) is 5.69 Å². The van der Waals surface area contributed by atoms with Crippen LogP contribution >= 0.6 is 0 Å². The molecule has 0 unspecified atom stereocenters. The molecular formula is C18H17N3. The summed E-state index contributed by atoms with van der Waals surface area (Å²) in [4.78, 5) is 0. The van der Waals surface area contributed by atoms with E-state index in [9.17, 15) is 0 Å². The normalized spacial score (nSPS) is 9.81. The number of para-hydroxylation sites is 1. The molecule has 0 saturated carbocycles. The van der Waals surface area contributed by atoms with Gasteiger partial charge in [0.15, 0.2) is 0 Å². The number of benzene rings is 1. The largest absolute Gasteiger partial charge is 0.317 e. The van der Waals surface area contributed by atoms with Crippen molar-refractivity contribution in [2.75, 3.05) is 0 Å². The second kappa shape index (κ2) is 5.69. The van der Waals surface area contributed by atoms with Crippen LogP contribution < -0.4 is 0 Å². The molecule has 2 rings (SSSR count). The minimum Gasteiger partial charge on any atom is -0.317 e. The van der Waals surface area contributed by atoms with Gasteiger partial charge < -0.3 is 4.57 Å². The molecule has 0 atom stereocenters. The van der Waals surface area contributed by atoms with Gasteiger partial charge in [-0.3, -0.25) is 0 Å². The van der Waals surface area contributed by atoms with Gasteiger partial charge in [-0.1, -0.05) is 18.2 Å². The van der Waals surface area contributed by atoms with E-state index < -0.39 is 0 Å². The van der Waals surface area contributed by atoms with Crippen LogP contribution in [0.25, 0.3) is 11.8 Å². The second-order valence-electron chi connectivity index (χ2n) is 5.18. The first-order valence-corrected chi connectivity index (χ1v) is 6.77. The predicted molar refractivity (Wildman–Crippen MR) is 83.9 cm³/mol. The summed E-state index contributed by atoms with van der Waals surface area (Å²) in [5, 5.41) is 17.8. The minimum absolute atomic E-state index is 0.122. The van der Waals surface area contributed by atoms with Crippen LogP contribution in [-0.4, -0.2) is 4.57 Å². The molecule has 0 aliphatic carbocycles. The van der Waals surface area contributed by atoms with Gasteiger partial charge >= 0.3 is 0 Å². The Morgan fingerprint density at radius 2 is 1.62 bits per heavy atom. The van der Waals surface area contributed by atoms with Crippen molar-refractivity contribution in [2.24, 2.45) is 0 Å². The third-order valence-electron chi connectivity index (χ3n) is 3.67. The summed E-state index contributed by atoms with van der Waals surface area (Å²) in [6, 6.07) is 12.1. The van der Waals surface area contributed by atoms with Crippen LogP contribution in [0.5, 0.6) is 0 Å². The Kier molecular flexibility index (Phi) is 3.96. The molecule has 0 aliphatic heterocycles. The van der Waals surface area contributed by atoms with Crippen LogP contribution in [0.2, 0.25) is 0 Å². The monoisotopic (exact) mass is 275 g/mol. The average Bonchev–Trinajstić information content (AvgIpc) is 2.72. The highest BCUT2D eigenvalue weighted by atomic mass is 15.0. The van der Waals surface area contributed by atoms with Crippen molar-refractivity contribution in [3.8, 4) is 17.8 Å². The lowest BCUT2D eigenvalue weighted by Gasteiger charge is -2.15. The fourth-order valence-electron chi connectivity index (χ4n) is 2.68. The fraction of sp³-hybridized carbons (Fsp3) is 0.222. The lowest BCUT2D eigenvalue weighted by Crippen LogP contribution is -2.03. The first-order valence-electron chi connectivity index (χ1n) is 6.77.